The predicted molar refractivity (Wildman–Crippen MR) is 79.1 cm³/mol. The minimum Gasteiger partial charge on any atom is -0.342 e. The fourth-order valence-electron chi connectivity index (χ4n) is 2.34. The molecule has 2 aromatic heterocycles. The predicted octanol–water partition coefficient (Wildman–Crippen LogP) is 2.82. The van der Waals surface area contributed by atoms with Crippen molar-refractivity contribution in [2.24, 2.45) is 0 Å². The molecule has 0 saturated heterocycles. The van der Waals surface area contributed by atoms with E-state index in [1.165, 1.54) is 25.4 Å². The van der Waals surface area contributed by atoms with Gasteiger partial charge < -0.3 is 4.57 Å². The standard InChI is InChI=1S/C16H13F2N3O2/c1-20(23)16(22)14-6-10-4-5-21(15(10)8-19-14)9-11-2-3-12(17)7-13(11)18/h2-8,23H,9H2,1H3. The molecule has 23 heavy (non-hydrogen) atoms. The van der Waals surface area contributed by atoms with E-state index in [4.69, 9.17) is 5.21 Å². The fourth-order valence-corrected chi connectivity index (χ4v) is 2.34. The van der Waals surface area contributed by atoms with E-state index in [1.54, 1.807) is 22.9 Å². The van der Waals surface area contributed by atoms with Gasteiger partial charge in [0.25, 0.3) is 5.91 Å². The van der Waals surface area contributed by atoms with Gasteiger partial charge in [-0.3, -0.25) is 10.0 Å². The van der Waals surface area contributed by atoms with Crippen LogP contribution in [0, 0.1) is 11.6 Å². The Kier molecular flexibility index (Phi) is 3.79. The van der Waals surface area contributed by atoms with Crippen LogP contribution in [0.5, 0.6) is 0 Å². The average Bonchev–Trinajstić information content (AvgIpc) is 2.91. The third-order valence-electron chi connectivity index (χ3n) is 3.53. The van der Waals surface area contributed by atoms with Gasteiger partial charge in [-0.2, -0.15) is 0 Å². The number of pyridine rings is 1. The van der Waals surface area contributed by atoms with Crippen molar-refractivity contribution >= 4 is 16.8 Å². The van der Waals surface area contributed by atoms with Crippen molar-refractivity contribution in [1.82, 2.24) is 14.6 Å². The van der Waals surface area contributed by atoms with Crippen molar-refractivity contribution in [2.45, 2.75) is 6.54 Å². The van der Waals surface area contributed by atoms with Crippen LogP contribution in [0.1, 0.15) is 16.1 Å². The summed E-state index contributed by atoms with van der Waals surface area (Å²) in [5.74, 6) is -1.86. The molecule has 0 saturated carbocycles. The molecule has 0 fully saturated rings. The molecule has 3 aromatic rings. The first kappa shape index (κ1) is 15.1. The number of carbonyl (C=O) groups excluding carboxylic acids is 1. The molecule has 3 rings (SSSR count). The van der Waals surface area contributed by atoms with Crippen LogP contribution in [-0.2, 0) is 6.54 Å². The minimum absolute atomic E-state index is 0.105. The molecule has 0 aliphatic carbocycles. The van der Waals surface area contributed by atoms with Crippen LogP contribution in [0.3, 0.4) is 0 Å². The summed E-state index contributed by atoms with van der Waals surface area (Å²) in [6.07, 6.45) is 3.21. The zero-order valence-corrected chi connectivity index (χ0v) is 12.2. The van der Waals surface area contributed by atoms with Crippen molar-refractivity contribution in [2.75, 3.05) is 7.05 Å². The Labute approximate surface area is 130 Å². The highest BCUT2D eigenvalue weighted by Gasteiger charge is 2.13. The number of amides is 1. The molecule has 5 nitrogen and oxygen atoms in total. The average molecular weight is 317 g/mol. The molecule has 0 atom stereocenters. The van der Waals surface area contributed by atoms with Crippen LogP contribution >= 0.6 is 0 Å². The van der Waals surface area contributed by atoms with E-state index in [0.29, 0.717) is 16.1 Å². The summed E-state index contributed by atoms with van der Waals surface area (Å²) in [5.41, 5.74) is 1.15. The largest absolute Gasteiger partial charge is 0.342 e. The number of rotatable bonds is 3. The van der Waals surface area contributed by atoms with Crippen LogP contribution in [-0.4, -0.2) is 32.8 Å². The molecule has 0 aliphatic heterocycles. The van der Waals surface area contributed by atoms with Gasteiger partial charge in [0, 0.05) is 30.3 Å². The molecule has 0 spiro atoms. The normalized spacial score (nSPS) is 11.0. The summed E-state index contributed by atoms with van der Waals surface area (Å²) < 4.78 is 28.5. The topological polar surface area (TPSA) is 58.4 Å². The van der Waals surface area contributed by atoms with E-state index in [2.05, 4.69) is 4.98 Å². The van der Waals surface area contributed by atoms with Crippen molar-refractivity contribution in [3.05, 3.63) is 65.6 Å². The van der Waals surface area contributed by atoms with Gasteiger partial charge in [-0.1, -0.05) is 6.07 Å². The highest BCUT2D eigenvalue weighted by atomic mass is 19.1. The maximum absolute atomic E-state index is 13.8. The molecule has 0 radical (unpaired) electrons. The smallest absolute Gasteiger partial charge is 0.295 e. The number of fused-ring (bicyclic) bond motifs is 1. The van der Waals surface area contributed by atoms with Gasteiger partial charge in [0.1, 0.15) is 17.3 Å². The van der Waals surface area contributed by atoms with Crippen molar-refractivity contribution in [3.63, 3.8) is 0 Å². The number of halogens is 2. The van der Waals surface area contributed by atoms with Gasteiger partial charge in [-0.25, -0.2) is 18.8 Å². The second kappa shape index (κ2) is 5.77. The molecule has 0 bridgehead atoms. The first-order chi connectivity index (χ1) is 11.0. The monoisotopic (exact) mass is 317 g/mol. The number of nitrogens with zero attached hydrogens (tertiary/aromatic N) is 3. The summed E-state index contributed by atoms with van der Waals surface area (Å²) in [6, 6.07) is 6.74. The summed E-state index contributed by atoms with van der Waals surface area (Å²) in [5, 5.41) is 10.4. The van der Waals surface area contributed by atoms with Gasteiger partial charge in [0.15, 0.2) is 0 Å². The second-order valence-electron chi connectivity index (χ2n) is 5.14. The van der Waals surface area contributed by atoms with Crippen LogP contribution in [0.25, 0.3) is 10.9 Å². The molecule has 0 aliphatic rings. The number of carbonyl (C=O) groups is 1. The summed E-state index contributed by atoms with van der Waals surface area (Å²) in [7, 11) is 1.22. The maximum Gasteiger partial charge on any atom is 0.295 e. The molecular weight excluding hydrogens is 304 g/mol. The van der Waals surface area contributed by atoms with Crippen LogP contribution in [0.4, 0.5) is 8.78 Å². The Morgan fingerprint density at radius 2 is 2.09 bits per heavy atom. The van der Waals surface area contributed by atoms with E-state index in [1.807, 2.05) is 0 Å². The van der Waals surface area contributed by atoms with E-state index < -0.39 is 17.5 Å². The Hall–Kier alpha value is -2.80. The lowest BCUT2D eigenvalue weighted by atomic mass is 10.2. The second-order valence-corrected chi connectivity index (χ2v) is 5.14. The molecule has 1 N–H and O–H groups in total. The van der Waals surface area contributed by atoms with Crippen molar-refractivity contribution < 1.29 is 18.8 Å². The lowest BCUT2D eigenvalue weighted by Crippen LogP contribution is -2.23. The number of benzene rings is 1. The lowest BCUT2D eigenvalue weighted by molar-refractivity contribution is -0.0379. The number of hydroxylamine groups is 2. The van der Waals surface area contributed by atoms with E-state index in [0.717, 1.165) is 11.5 Å². The summed E-state index contributed by atoms with van der Waals surface area (Å²) in [6.45, 7) is 0.213. The fraction of sp³-hybridized carbons (Fsp3) is 0.125. The molecule has 2 heterocycles. The van der Waals surface area contributed by atoms with Gasteiger partial charge in [-0.05, 0) is 18.2 Å². The molecule has 1 amide bonds. The molecular formula is C16H13F2N3O2. The SMILES string of the molecule is CN(O)C(=O)c1cc2ccn(Cc3ccc(F)cc3F)c2cn1. The molecule has 1 aromatic carbocycles. The number of hydrogen-bond acceptors (Lipinski definition) is 3. The third kappa shape index (κ3) is 2.91. The van der Waals surface area contributed by atoms with Crippen LogP contribution < -0.4 is 0 Å². The van der Waals surface area contributed by atoms with Crippen molar-refractivity contribution in [3.8, 4) is 0 Å². The Morgan fingerprint density at radius 3 is 2.78 bits per heavy atom. The quantitative estimate of drug-likeness (QED) is 0.597. The van der Waals surface area contributed by atoms with Gasteiger partial charge in [0.05, 0.1) is 18.3 Å². The minimum atomic E-state index is -0.624. The lowest BCUT2D eigenvalue weighted by Gasteiger charge is -2.09. The van der Waals surface area contributed by atoms with Gasteiger partial charge in [0.2, 0.25) is 0 Å². The molecule has 0 unspecified atom stereocenters. The summed E-state index contributed by atoms with van der Waals surface area (Å²) >= 11 is 0. The third-order valence-corrected chi connectivity index (χ3v) is 3.53. The summed E-state index contributed by atoms with van der Waals surface area (Å²) in [4.78, 5) is 15.7. The van der Waals surface area contributed by atoms with Gasteiger partial charge >= 0.3 is 0 Å². The zero-order valence-electron chi connectivity index (χ0n) is 12.2. The Bertz CT molecular complexity index is 890. The van der Waals surface area contributed by atoms with Crippen molar-refractivity contribution in [1.29, 1.82) is 0 Å². The van der Waals surface area contributed by atoms with E-state index in [9.17, 15) is 13.6 Å². The molecule has 7 heteroatoms. The molecule has 118 valence electrons. The highest BCUT2D eigenvalue weighted by molar-refractivity contribution is 5.95. The first-order valence-electron chi connectivity index (χ1n) is 6.81. The van der Waals surface area contributed by atoms with Gasteiger partial charge in [-0.15, -0.1) is 0 Å². The number of hydrogen-bond donors (Lipinski definition) is 1. The van der Waals surface area contributed by atoms with E-state index in [-0.39, 0.29) is 12.2 Å². The Balaban J connectivity index is 1.95. The van der Waals surface area contributed by atoms with Crippen LogP contribution in [0.15, 0.2) is 42.7 Å². The van der Waals surface area contributed by atoms with E-state index >= 15 is 0 Å². The zero-order chi connectivity index (χ0) is 16.6. The van der Waals surface area contributed by atoms with Crippen LogP contribution in [0.2, 0.25) is 0 Å². The maximum atomic E-state index is 13.8. The first-order valence-corrected chi connectivity index (χ1v) is 6.81. The highest BCUT2D eigenvalue weighted by Crippen LogP contribution is 2.19. The Morgan fingerprint density at radius 1 is 1.30 bits per heavy atom. The number of aromatic nitrogens is 2.